The second-order valence-electron chi connectivity index (χ2n) is 5.00. The molecule has 23 heavy (non-hydrogen) atoms. The fraction of sp³-hybridized carbons (Fsp3) is 0.176. The molecule has 3 rings (SSSR count). The van der Waals surface area contributed by atoms with Crippen LogP contribution in [0.4, 0.5) is 5.69 Å². The fourth-order valence-electron chi connectivity index (χ4n) is 2.23. The standard InChI is InChI=1S/C17H17N3O3/c1-21-14-8-5-12(10-15(14)22-2)17-19-16(20-23-17)9-11-3-6-13(18)7-4-11/h3-8,10H,9,18H2,1-2H3. The number of anilines is 1. The Hall–Kier alpha value is -3.02. The van der Waals surface area contributed by atoms with Gasteiger partial charge in [0.1, 0.15) is 0 Å². The van der Waals surface area contributed by atoms with Crippen LogP contribution in [0.1, 0.15) is 11.4 Å². The highest BCUT2D eigenvalue weighted by molar-refractivity contribution is 5.59. The lowest BCUT2D eigenvalue weighted by atomic mass is 10.1. The summed E-state index contributed by atoms with van der Waals surface area (Å²) in [7, 11) is 3.18. The van der Waals surface area contributed by atoms with E-state index in [1.165, 1.54) is 0 Å². The zero-order chi connectivity index (χ0) is 16.2. The van der Waals surface area contributed by atoms with Gasteiger partial charge in [-0.2, -0.15) is 4.98 Å². The van der Waals surface area contributed by atoms with Crippen molar-refractivity contribution < 1.29 is 14.0 Å². The Kier molecular flexibility index (Phi) is 4.14. The van der Waals surface area contributed by atoms with Crippen LogP contribution in [0, 0.1) is 0 Å². The highest BCUT2D eigenvalue weighted by Gasteiger charge is 2.12. The molecule has 0 bridgehead atoms. The predicted octanol–water partition coefficient (Wildman–Crippen LogP) is 2.93. The normalized spacial score (nSPS) is 10.5. The molecule has 1 aromatic heterocycles. The number of hydrogen-bond donors (Lipinski definition) is 1. The van der Waals surface area contributed by atoms with Crippen LogP contribution >= 0.6 is 0 Å². The average Bonchev–Trinajstić information content (AvgIpc) is 3.05. The number of nitrogen functional groups attached to an aromatic ring is 1. The molecule has 6 heteroatoms. The van der Waals surface area contributed by atoms with Crippen LogP contribution in [-0.2, 0) is 6.42 Å². The van der Waals surface area contributed by atoms with Crippen LogP contribution < -0.4 is 15.2 Å². The number of aromatic nitrogens is 2. The Morgan fingerprint density at radius 1 is 1.00 bits per heavy atom. The first-order valence-electron chi connectivity index (χ1n) is 7.09. The minimum absolute atomic E-state index is 0.441. The van der Waals surface area contributed by atoms with Gasteiger partial charge in [-0.3, -0.25) is 0 Å². The quantitative estimate of drug-likeness (QED) is 0.729. The molecule has 0 aliphatic rings. The summed E-state index contributed by atoms with van der Waals surface area (Å²) in [6.45, 7) is 0. The number of nitrogens with zero attached hydrogens (tertiary/aromatic N) is 2. The number of ether oxygens (including phenoxy) is 2. The zero-order valence-electron chi connectivity index (χ0n) is 12.9. The molecule has 0 saturated carbocycles. The van der Waals surface area contributed by atoms with Gasteiger partial charge in [0.05, 0.1) is 14.2 Å². The first-order chi connectivity index (χ1) is 11.2. The summed E-state index contributed by atoms with van der Waals surface area (Å²) >= 11 is 0. The summed E-state index contributed by atoms with van der Waals surface area (Å²) < 4.78 is 15.8. The van der Waals surface area contributed by atoms with Gasteiger partial charge < -0.3 is 19.7 Å². The monoisotopic (exact) mass is 311 g/mol. The van der Waals surface area contributed by atoms with Crippen LogP contribution in [0.5, 0.6) is 11.5 Å². The Labute approximate surface area is 133 Å². The third-order valence-electron chi connectivity index (χ3n) is 3.44. The summed E-state index contributed by atoms with van der Waals surface area (Å²) in [5.41, 5.74) is 8.25. The average molecular weight is 311 g/mol. The van der Waals surface area contributed by atoms with Gasteiger partial charge in [-0.05, 0) is 35.9 Å². The van der Waals surface area contributed by atoms with E-state index in [4.69, 9.17) is 19.7 Å². The highest BCUT2D eigenvalue weighted by Crippen LogP contribution is 2.31. The molecular formula is C17H17N3O3. The summed E-state index contributed by atoms with van der Waals surface area (Å²) in [6, 6.07) is 13.1. The molecule has 0 aliphatic heterocycles. The Morgan fingerprint density at radius 3 is 2.43 bits per heavy atom. The Balaban J connectivity index is 1.82. The summed E-state index contributed by atoms with van der Waals surface area (Å²) in [6.07, 6.45) is 0.580. The van der Waals surface area contributed by atoms with Gasteiger partial charge in [0.15, 0.2) is 17.3 Å². The van der Waals surface area contributed by atoms with Gasteiger partial charge in [-0.15, -0.1) is 0 Å². The van der Waals surface area contributed by atoms with E-state index in [-0.39, 0.29) is 0 Å². The lowest BCUT2D eigenvalue weighted by Crippen LogP contribution is -1.92. The second kappa shape index (κ2) is 6.39. The molecule has 2 aromatic carbocycles. The summed E-state index contributed by atoms with van der Waals surface area (Å²) in [5, 5.41) is 4.02. The van der Waals surface area contributed by atoms with Crippen LogP contribution in [-0.4, -0.2) is 24.4 Å². The van der Waals surface area contributed by atoms with E-state index >= 15 is 0 Å². The van der Waals surface area contributed by atoms with Gasteiger partial charge in [-0.1, -0.05) is 17.3 Å². The largest absolute Gasteiger partial charge is 0.493 e. The molecule has 118 valence electrons. The first-order valence-corrected chi connectivity index (χ1v) is 7.09. The zero-order valence-corrected chi connectivity index (χ0v) is 12.9. The molecule has 2 N–H and O–H groups in total. The molecule has 0 amide bonds. The van der Waals surface area contributed by atoms with Crippen molar-refractivity contribution in [2.45, 2.75) is 6.42 Å². The molecule has 0 saturated heterocycles. The highest BCUT2D eigenvalue weighted by atomic mass is 16.5. The van der Waals surface area contributed by atoms with Crippen molar-refractivity contribution in [2.24, 2.45) is 0 Å². The van der Waals surface area contributed by atoms with Crippen molar-refractivity contribution in [1.29, 1.82) is 0 Å². The predicted molar refractivity (Wildman–Crippen MR) is 86.5 cm³/mol. The number of rotatable bonds is 5. The minimum atomic E-state index is 0.441. The molecule has 0 atom stereocenters. The van der Waals surface area contributed by atoms with E-state index < -0.39 is 0 Å². The molecule has 0 fully saturated rings. The molecule has 0 unspecified atom stereocenters. The van der Waals surface area contributed by atoms with E-state index in [2.05, 4.69) is 10.1 Å². The third kappa shape index (κ3) is 3.26. The topological polar surface area (TPSA) is 83.4 Å². The molecule has 0 aliphatic carbocycles. The third-order valence-corrected chi connectivity index (χ3v) is 3.44. The number of methoxy groups -OCH3 is 2. The number of hydrogen-bond acceptors (Lipinski definition) is 6. The molecule has 0 spiro atoms. The van der Waals surface area contributed by atoms with E-state index in [0.29, 0.717) is 29.6 Å². The maximum absolute atomic E-state index is 5.68. The maximum atomic E-state index is 5.68. The molecule has 3 aromatic rings. The molecule has 1 heterocycles. The number of nitrogens with two attached hydrogens (primary N) is 1. The van der Waals surface area contributed by atoms with E-state index in [9.17, 15) is 0 Å². The van der Waals surface area contributed by atoms with Gasteiger partial charge in [-0.25, -0.2) is 0 Å². The summed E-state index contributed by atoms with van der Waals surface area (Å²) in [5.74, 6) is 2.32. The van der Waals surface area contributed by atoms with E-state index in [1.807, 2.05) is 30.3 Å². The smallest absolute Gasteiger partial charge is 0.258 e. The van der Waals surface area contributed by atoms with E-state index in [1.54, 1.807) is 26.4 Å². The van der Waals surface area contributed by atoms with Crippen molar-refractivity contribution in [2.75, 3.05) is 20.0 Å². The SMILES string of the molecule is COc1ccc(-c2nc(Cc3ccc(N)cc3)no2)cc1OC. The first kappa shape index (κ1) is 14.9. The van der Waals surface area contributed by atoms with Gasteiger partial charge >= 0.3 is 0 Å². The van der Waals surface area contributed by atoms with Crippen molar-refractivity contribution in [3.63, 3.8) is 0 Å². The Bertz CT molecular complexity index is 797. The van der Waals surface area contributed by atoms with Crippen LogP contribution in [0.15, 0.2) is 47.0 Å². The van der Waals surface area contributed by atoms with Crippen molar-refractivity contribution in [1.82, 2.24) is 10.1 Å². The fourth-order valence-corrected chi connectivity index (χ4v) is 2.23. The van der Waals surface area contributed by atoms with Crippen molar-refractivity contribution in [3.8, 4) is 23.0 Å². The van der Waals surface area contributed by atoms with Crippen LogP contribution in [0.25, 0.3) is 11.5 Å². The van der Waals surface area contributed by atoms with Crippen molar-refractivity contribution in [3.05, 3.63) is 53.9 Å². The molecule has 6 nitrogen and oxygen atoms in total. The molecule has 0 radical (unpaired) electrons. The lowest BCUT2D eigenvalue weighted by molar-refractivity contribution is 0.355. The summed E-state index contributed by atoms with van der Waals surface area (Å²) in [4.78, 5) is 4.42. The van der Waals surface area contributed by atoms with Gasteiger partial charge in [0.2, 0.25) is 0 Å². The van der Waals surface area contributed by atoms with Gasteiger partial charge in [0, 0.05) is 17.7 Å². The van der Waals surface area contributed by atoms with Crippen LogP contribution in [0.2, 0.25) is 0 Å². The number of benzene rings is 2. The van der Waals surface area contributed by atoms with Crippen LogP contribution in [0.3, 0.4) is 0 Å². The Morgan fingerprint density at radius 2 is 1.74 bits per heavy atom. The minimum Gasteiger partial charge on any atom is -0.493 e. The van der Waals surface area contributed by atoms with Crippen molar-refractivity contribution >= 4 is 5.69 Å². The molecular weight excluding hydrogens is 294 g/mol. The van der Waals surface area contributed by atoms with E-state index in [0.717, 1.165) is 16.8 Å². The maximum Gasteiger partial charge on any atom is 0.258 e. The van der Waals surface area contributed by atoms with Gasteiger partial charge in [0.25, 0.3) is 5.89 Å². The lowest BCUT2D eigenvalue weighted by Gasteiger charge is -2.07. The second-order valence-corrected chi connectivity index (χ2v) is 5.00.